The van der Waals surface area contributed by atoms with Crippen LogP contribution in [0.5, 0.6) is 5.88 Å². The summed E-state index contributed by atoms with van der Waals surface area (Å²) < 4.78 is 13.7. The maximum Gasteiger partial charge on any atom is 0.232 e. The van der Waals surface area contributed by atoms with Gasteiger partial charge in [-0.15, -0.1) is 10.2 Å². The van der Waals surface area contributed by atoms with Crippen molar-refractivity contribution in [3.05, 3.63) is 12.4 Å². The molecular formula is C18H24N6O2. The van der Waals surface area contributed by atoms with Crippen molar-refractivity contribution in [3.63, 3.8) is 0 Å². The van der Waals surface area contributed by atoms with E-state index in [-0.39, 0.29) is 11.2 Å². The Hall–Kier alpha value is -2.22. The van der Waals surface area contributed by atoms with Crippen LogP contribution >= 0.6 is 0 Å². The second kappa shape index (κ2) is 5.64. The minimum Gasteiger partial charge on any atom is -0.480 e. The van der Waals surface area contributed by atoms with Gasteiger partial charge in [-0.2, -0.15) is 0 Å². The van der Waals surface area contributed by atoms with Crippen molar-refractivity contribution >= 4 is 5.95 Å². The predicted molar refractivity (Wildman–Crippen MR) is 95.0 cm³/mol. The molecule has 2 aromatic heterocycles. The lowest BCUT2D eigenvalue weighted by Gasteiger charge is -2.59. The molecule has 5 rings (SSSR count). The average Bonchev–Trinajstić information content (AvgIpc) is 3.00. The van der Waals surface area contributed by atoms with Crippen LogP contribution in [0.1, 0.15) is 38.5 Å². The highest BCUT2D eigenvalue weighted by atomic mass is 16.5. The van der Waals surface area contributed by atoms with Crippen LogP contribution in [0.25, 0.3) is 11.5 Å². The molecule has 8 heteroatoms. The molecule has 1 aliphatic heterocycles. The standard InChI is InChI=1S/C18H24N6O2/c1-23-15(13-9-20-14(25-2)10-19-13)21-22-16(23)24-11-17(5-3-6-17)26-18(12-24)7-4-8-18/h9-10H,3-8,11-12H2,1-2H3. The van der Waals surface area contributed by atoms with E-state index in [0.29, 0.717) is 17.4 Å². The van der Waals surface area contributed by atoms with Crippen molar-refractivity contribution in [1.82, 2.24) is 24.7 Å². The zero-order chi connectivity index (χ0) is 17.8. The van der Waals surface area contributed by atoms with Gasteiger partial charge in [0.15, 0.2) is 5.82 Å². The monoisotopic (exact) mass is 356 g/mol. The van der Waals surface area contributed by atoms with Gasteiger partial charge < -0.3 is 14.4 Å². The number of nitrogens with zero attached hydrogens (tertiary/aromatic N) is 6. The average molecular weight is 356 g/mol. The summed E-state index contributed by atoms with van der Waals surface area (Å²) in [5, 5.41) is 8.88. The molecule has 0 amide bonds. The van der Waals surface area contributed by atoms with Gasteiger partial charge in [-0.25, -0.2) is 9.97 Å². The van der Waals surface area contributed by atoms with E-state index in [1.165, 1.54) is 12.8 Å². The van der Waals surface area contributed by atoms with Crippen LogP contribution in [-0.2, 0) is 11.8 Å². The fourth-order valence-corrected chi connectivity index (χ4v) is 4.44. The summed E-state index contributed by atoms with van der Waals surface area (Å²) in [5.74, 6) is 2.09. The van der Waals surface area contributed by atoms with Crippen molar-refractivity contribution in [2.75, 3.05) is 25.1 Å². The first-order valence-corrected chi connectivity index (χ1v) is 9.33. The van der Waals surface area contributed by atoms with Crippen LogP contribution in [0.3, 0.4) is 0 Å². The SMILES string of the molecule is COc1cnc(-c2nnc(N3CC4(CCC4)OC4(CCC4)C3)n2C)cn1. The molecule has 1 saturated heterocycles. The highest BCUT2D eigenvalue weighted by molar-refractivity contribution is 5.52. The Bertz CT molecular complexity index is 788. The van der Waals surface area contributed by atoms with Crippen molar-refractivity contribution in [3.8, 4) is 17.4 Å². The number of hydrogen-bond donors (Lipinski definition) is 0. The molecule has 0 unspecified atom stereocenters. The molecule has 8 nitrogen and oxygen atoms in total. The molecule has 2 aliphatic carbocycles. The Balaban J connectivity index is 1.45. The zero-order valence-electron chi connectivity index (χ0n) is 15.3. The van der Waals surface area contributed by atoms with Gasteiger partial charge in [0, 0.05) is 7.05 Å². The van der Waals surface area contributed by atoms with Gasteiger partial charge in [0.25, 0.3) is 0 Å². The fourth-order valence-electron chi connectivity index (χ4n) is 4.44. The molecule has 2 aromatic rings. The molecule has 0 atom stereocenters. The van der Waals surface area contributed by atoms with Crippen LogP contribution in [0.2, 0.25) is 0 Å². The molecule has 2 spiro atoms. The Morgan fingerprint density at radius 2 is 1.69 bits per heavy atom. The van der Waals surface area contributed by atoms with E-state index in [9.17, 15) is 0 Å². The summed E-state index contributed by atoms with van der Waals surface area (Å²) in [4.78, 5) is 11.0. The van der Waals surface area contributed by atoms with Gasteiger partial charge >= 0.3 is 0 Å². The molecular weight excluding hydrogens is 332 g/mol. The quantitative estimate of drug-likeness (QED) is 0.832. The third-order valence-corrected chi connectivity index (χ3v) is 6.12. The highest BCUT2D eigenvalue weighted by Gasteiger charge is 2.54. The summed E-state index contributed by atoms with van der Waals surface area (Å²) >= 11 is 0. The second-order valence-electron chi connectivity index (χ2n) is 7.86. The van der Waals surface area contributed by atoms with Gasteiger partial charge in [0.2, 0.25) is 11.8 Å². The summed E-state index contributed by atoms with van der Waals surface area (Å²) in [7, 11) is 3.57. The molecule has 3 fully saturated rings. The van der Waals surface area contributed by atoms with Gasteiger partial charge in [0.1, 0.15) is 5.69 Å². The number of ether oxygens (including phenoxy) is 2. The first-order chi connectivity index (χ1) is 12.6. The minimum absolute atomic E-state index is 0.0186. The molecule has 0 radical (unpaired) electrons. The normalized spacial score (nSPS) is 22.9. The number of aromatic nitrogens is 5. The van der Waals surface area contributed by atoms with E-state index < -0.39 is 0 Å². The lowest BCUT2D eigenvalue weighted by Crippen LogP contribution is -2.66. The molecule has 3 aliphatic rings. The lowest BCUT2D eigenvalue weighted by atomic mass is 9.72. The number of hydrogen-bond acceptors (Lipinski definition) is 7. The fraction of sp³-hybridized carbons (Fsp3) is 0.667. The molecule has 3 heterocycles. The zero-order valence-corrected chi connectivity index (χ0v) is 15.3. The van der Waals surface area contributed by atoms with E-state index in [0.717, 1.165) is 44.7 Å². The molecule has 0 bridgehead atoms. The molecule has 2 saturated carbocycles. The Morgan fingerprint density at radius 1 is 1.00 bits per heavy atom. The first kappa shape index (κ1) is 16.0. The van der Waals surface area contributed by atoms with E-state index in [1.807, 2.05) is 11.6 Å². The second-order valence-corrected chi connectivity index (χ2v) is 7.86. The van der Waals surface area contributed by atoms with Crippen LogP contribution in [0.4, 0.5) is 5.95 Å². The Morgan fingerprint density at radius 3 is 2.19 bits per heavy atom. The summed E-state index contributed by atoms with van der Waals surface area (Å²) in [5.41, 5.74) is 0.729. The van der Waals surface area contributed by atoms with Gasteiger partial charge in [-0.3, -0.25) is 4.57 Å². The number of anilines is 1. The van der Waals surface area contributed by atoms with E-state index in [2.05, 4.69) is 25.1 Å². The Labute approximate surface area is 152 Å². The number of morpholine rings is 1. The maximum atomic E-state index is 6.61. The van der Waals surface area contributed by atoms with Crippen molar-refractivity contribution < 1.29 is 9.47 Å². The largest absolute Gasteiger partial charge is 0.480 e. The minimum atomic E-state index is 0.0186. The smallest absolute Gasteiger partial charge is 0.232 e. The Kier molecular flexibility index (Phi) is 3.47. The lowest BCUT2D eigenvalue weighted by molar-refractivity contribution is -0.229. The number of methoxy groups -OCH3 is 1. The van der Waals surface area contributed by atoms with Crippen molar-refractivity contribution in [2.24, 2.45) is 7.05 Å². The molecule has 26 heavy (non-hydrogen) atoms. The number of rotatable bonds is 3. The van der Waals surface area contributed by atoms with E-state index >= 15 is 0 Å². The van der Waals surface area contributed by atoms with Gasteiger partial charge in [-0.05, 0) is 38.5 Å². The van der Waals surface area contributed by atoms with E-state index in [4.69, 9.17) is 9.47 Å². The van der Waals surface area contributed by atoms with Crippen LogP contribution < -0.4 is 9.64 Å². The molecule has 0 N–H and O–H groups in total. The van der Waals surface area contributed by atoms with Crippen molar-refractivity contribution in [1.29, 1.82) is 0 Å². The third-order valence-electron chi connectivity index (χ3n) is 6.12. The van der Waals surface area contributed by atoms with Crippen LogP contribution in [0.15, 0.2) is 12.4 Å². The molecule has 0 aromatic carbocycles. The summed E-state index contributed by atoms with van der Waals surface area (Å²) in [6, 6.07) is 0. The van der Waals surface area contributed by atoms with Gasteiger partial charge in [-0.1, -0.05) is 0 Å². The highest BCUT2D eigenvalue weighted by Crippen LogP contribution is 2.50. The molecule has 138 valence electrons. The maximum absolute atomic E-state index is 6.61. The van der Waals surface area contributed by atoms with Crippen LogP contribution in [0, 0.1) is 0 Å². The van der Waals surface area contributed by atoms with Gasteiger partial charge in [0.05, 0.1) is 43.8 Å². The first-order valence-electron chi connectivity index (χ1n) is 9.33. The third kappa shape index (κ3) is 2.39. The predicted octanol–water partition coefficient (Wildman–Crippen LogP) is 1.96. The van der Waals surface area contributed by atoms with E-state index in [1.54, 1.807) is 19.5 Å². The van der Waals surface area contributed by atoms with Crippen LogP contribution in [-0.4, -0.2) is 56.1 Å². The summed E-state index contributed by atoms with van der Waals surface area (Å²) in [6.45, 7) is 1.80. The topological polar surface area (TPSA) is 78.2 Å². The van der Waals surface area contributed by atoms with Crippen molar-refractivity contribution in [2.45, 2.75) is 49.7 Å². The summed E-state index contributed by atoms with van der Waals surface area (Å²) in [6.07, 6.45) is 10.4.